The second-order valence-electron chi connectivity index (χ2n) is 3.97. The third-order valence-electron chi connectivity index (χ3n) is 2.10. The molecule has 0 aliphatic heterocycles. The number of nitrogens with one attached hydrogen (secondary N) is 1. The largest absolute Gasteiger partial charge is 0.407 e. The van der Waals surface area contributed by atoms with E-state index >= 15 is 0 Å². The van der Waals surface area contributed by atoms with Crippen molar-refractivity contribution in [1.29, 1.82) is 0 Å². The molecule has 1 atom stereocenters. The molecule has 1 rings (SSSR count). The highest BCUT2D eigenvalue weighted by molar-refractivity contribution is 5.22. The van der Waals surface area contributed by atoms with Crippen LogP contribution in [0.2, 0.25) is 0 Å². The van der Waals surface area contributed by atoms with Crippen molar-refractivity contribution in [2.24, 2.45) is 0 Å². The molecule has 17 heavy (non-hydrogen) atoms. The molecule has 1 N–H and O–H groups in total. The minimum atomic E-state index is -4.56. The number of hydrogen-bond donors (Lipinski definition) is 1. The molecule has 0 radical (unpaired) electrons. The molecule has 0 aliphatic carbocycles. The van der Waals surface area contributed by atoms with Crippen LogP contribution in [0.15, 0.2) is 18.2 Å². The van der Waals surface area contributed by atoms with Crippen LogP contribution in [0, 0.1) is 11.6 Å². The zero-order valence-corrected chi connectivity index (χ0v) is 9.28. The van der Waals surface area contributed by atoms with Crippen molar-refractivity contribution >= 4 is 0 Å². The van der Waals surface area contributed by atoms with Crippen LogP contribution < -0.4 is 5.32 Å². The summed E-state index contributed by atoms with van der Waals surface area (Å²) >= 11 is 0. The maximum absolute atomic E-state index is 12.9. The molecule has 1 nitrogen and oxygen atoms in total. The van der Waals surface area contributed by atoms with Gasteiger partial charge in [-0.2, -0.15) is 13.2 Å². The molecule has 0 aromatic heterocycles. The van der Waals surface area contributed by atoms with Crippen molar-refractivity contribution in [1.82, 2.24) is 5.32 Å². The molecule has 0 amide bonds. The van der Waals surface area contributed by atoms with Crippen molar-refractivity contribution < 1.29 is 22.0 Å². The molecule has 1 aromatic carbocycles. The van der Waals surface area contributed by atoms with Gasteiger partial charge >= 0.3 is 6.18 Å². The van der Waals surface area contributed by atoms with Crippen molar-refractivity contribution in [2.45, 2.75) is 32.1 Å². The quantitative estimate of drug-likeness (QED) is 0.812. The summed E-state index contributed by atoms with van der Waals surface area (Å²) in [7, 11) is 0. The Hall–Kier alpha value is -1.17. The molecule has 1 aromatic rings. The average Bonchev–Trinajstić information content (AvgIpc) is 2.17. The van der Waals surface area contributed by atoms with Gasteiger partial charge in [0.1, 0.15) is 6.04 Å². The molecular weight excluding hydrogens is 241 g/mol. The van der Waals surface area contributed by atoms with Gasteiger partial charge in [0, 0.05) is 6.04 Å². The van der Waals surface area contributed by atoms with Crippen molar-refractivity contribution in [3.63, 3.8) is 0 Å². The maximum Gasteiger partial charge on any atom is 0.407 e. The number of alkyl halides is 3. The fourth-order valence-electron chi connectivity index (χ4n) is 1.40. The lowest BCUT2D eigenvalue weighted by Gasteiger charge is -2.24. The van der Waals surface area contributed by atoms with Crippen LogP contribution in [0.1, 0.15) is 25.5 Å². The first-order valence-corrected chi connectivity index (χ1v) is 4.99. The molecule has 96 valence electrons. The summed E-state index contributed by atoms with van der Waals surface area (Å²) in [6, 6.07) is -0.271. The fraction of sp³-hybridized carbons (Fsp3) is 0.455. The number of halogens is 5. The van der Waals surface area contributed by atoms with Crippen LogP contribution in [0.3, 0.4) is 0 Å². The molecule has 0 heterocycles. The molecule has 0 fully saturated rings. The highest BCUT2D eigenvalue weighted by Gasteiger charge is 2.41. The SMILES string of the molecule is CC(C)N[C@H](c1ccc(F)c(F)c1)C(F)(F)F. The molecule has 0 unspecified atom stereocenters. The van der Waals surface area contributed by atoms with Gasteiger partial charge in [0.05, 0.1) is 0 Å². The zero-order chi connectivity index (χ0) is 13.2. The Labute approximate surface area is 95.6 Å². The van der Waals surface area contributed by atoms with E-state index in [2.05, 4.69) is 5.32 Å². The van der Waals surface area contributed by atoms with Crippen LogP contribution in [0.5, 0.6) is 0 Å². The van der Waals surface area contributed by atoms with E-state index in [1.54, 1.807) is 13.8 Å². The van der Waals surface area contributed by atoms with E-state index in [1.807, 2.05) is 0 Å². The van der Waals surface area contributed by atoms with E-state index in [0.29, 0.717) is 12.1 Å². The second-order valence-corrected chi connectivity index (χ2v) is 3.97. The number of hydrogen-bond acceptors (Lipinski definition) is 1. The summed E-state index contributed by atoms with van der Waals surface area (Å²) in [5.74, 6) is -2.46. The Morgan fingerprint density at radius 1 is 1.06 bits per heavy atom. The first-order chi connectivity index (χ1) is 7.71. The summed E-state index contributed by atoms with van der Waals surface area (Å²) in [6.07, 6.45) is -4.56. The van der Waals surface area contributed by atoms with Crippen molar-refractivity contribution in [2.75, 3.05) is 0 Å². The van der Waals surface area contributed by atoms with Crippen LogP contribution in [0.25, 0.3) is 0 Å². The van der Waals surface area contributed by atoms with Crippen molar-refractivity contribution in [3.05, 3.63) is 35.4 Å². The molecule has 0 bridgehead atoms. The Bertz CT molecular complexity index is 386. The third kappa shape index (κ3) is 3.66. The molecule has 0 aliphatic rings. The summed E-state index contributed by atoms with van der Waals surface area (Å²) in [4.78, 5) is 0. The molecule has 0 saturated carbocycles. The van der Waals surface area contributed by atoms with Gasteiger partial charge < -0.3 is 5.32 Å². The summed E-state index contributed by atoms with van der Waals surface area (Å²) in [6.45, 7) is 3.08. The predicted octanol–water partition coefficient (Wildman–Crippen LogP) is 3.57. The second kappa shape index (κ2) is 5.00. The first-order valence-electron chi connectivity index (χ1n) is 4.99. The third-order valence-corrected chi connectivity index (χ3v) is 2.10. The minimum Gasteiger partial charge on any atom is -0.300 e. The van der Waals surface area contributed by atoms with Crippen LogP contribution >= 0.6 is 0 Å². The standard InChI is InChI=1S/C11H12F5N/c1-6(2)17-10(11(14,15)16)7-3-4-8(12)9(13)5-7/h3-6,10,17H,1-2H3/t10-/m1/s1. The topological polar surface area (TPSA) is 12.0 Å². The van der Waals surface area contributed by atoms with Gasteiger partial charge in [-0.25, -0.2) is 8.78 Å². The van der Waals surface area contributed by atoms with Gasteiger partial charge in [0.15, 0.2) is 11.6 Å². The van der Waals surface area contributed by atoms with E-state index < -0.39 is 29.9 Å². The Kier molecular flexibility index (Phi) is 4.08. The Morgan fingerprint density at radius 3 is 2.06 bits per heavy atom. The minimum absolute atomic E-state index is 0.342. The molecule has 6 heteroatoms. The van der Waals surface area contributed by atoms with Crippen LogP contribution in [0.4, 0.5) is 22.0 Å². The van der Waals surface area contributed by atoms with E-state index in [-0.39, 0.29) is 5.56 Å². The fourth-order valence-corrected chi connectivity index (χ4v) is 1.40. The normalized spacial score (nSPS) is 14.1. The lowest BCUT2D eigenvalue weighted by Crippen LogP contribution is -2.38. The monoisotopic (exact) mass is 253 g/mol. The lowest BCUT2D eigenvalue weighted by atomic mass is 10.1. The van der Waals surface area contributed by atoms with Gasteiger partial charge in [0.2, 0.25) is 0 Å². The van der Waals surface area contributed by atoms with Crippen LogP contribution in [-0.2, 0) is 0 Å². The van der Waals surface area contributed by atoms with Gasteiger partial charge in [-0.1, -0.05) is 19.9 Å². The average molecular weight is 253 g/mol. The Balaban J connectivity index is 3.09. The molecular formula is C11H12F5N. The van der Waals surface area contributed by atoms with Gasteiger partial charge in [-0.15, -0.1) is 0 Å². The first kappa shape index (κ1) is 13.9. The van der Waals surface area contributed by atoms with Crippen LogP contribution in [-0.4, -0.2) is 12.2 Å². The molecule has 0 spiro atoms. The zero-order valence-electron chi connectivity index (χ0n) is 9.28. The molecule has 0 saturated heterocycles. The number of benzene rings is 1. The lowest BCUT2D eigenvalue weighted by molar-refractivity contribution is -0.159. The number of rotatable bonds is 3. The van der Waals surface area contributed by atoms with E-state index in [4.69, 9.17) is 0 Å². The smallest absolute Gasteiger partial charge is 0.300 e. The Morgan fingerprint density at radius 2 is 1.65 bits per heavy atom. The summed E-state index contributed by atoms with van der Waals surface area (Å²) in [5.41, 5.74) is -0.342. The van der Waals surface area contributed by atoms with E-state index in [0.717, 1.165) is 6.07 Å². The van der Waals surface area contributed by atoms with Gasteiger partial charge in [0.25, 0.3) is 0 Å². The van der Waals surface area contributed by atoms with E-state index in [1.165, 1.54) is 0 Å². The van der Waals surface area contributed by atoms with Gasteiger partial charge in [-0.05, 0) is 17.7 Å². The predicted molar refractivity (Wildman–Crippen MR) is 53.4 cm³/mol. The van der Waals surface area contributed by atoms with E-state index in [9.17, 15) is 22.0 Å². The van der Waals surface area contributed by atoms with Gasteiger partial charge in [-0.3, -0.25) is 0 Å². The van der Waals surface area contributed by atoms with Crippen molar-refractivity contribution in [3.8, 4) is 0 Å². The summed E-state index contributed by atoms with van der Waals surface area (Å²) in [5, 5.41) is 2.27. The highest BCUT2D eigenvalue weighted by Crippen LogP contribution is 2.33. The highest BCUT2D eigenvalue weighted by atomic mass is 19.4. The maximum atomic E-state index is 12.9. The summed E-state index contributed by atoms with van der Waals surface area (Å²) < 4.78 is 63.7.